The number of rotatable bonds is 4. The van der Waals surface area contributed by atoms with Gasteiger partial charge in [-0.15, -0.1) is 0 Å². The van der Waals surface area contributed by atoms with E-state index in [9.17, 15) is 5.11 Å². The number of fused-ring (bicyclic) bond motifs is 1. The highest BCUT2D eigenvalue weighted by Gasteiger charge is 2.34. The average molecular weight is 220 g/mol. The zero-order chi connectivity index (χ0) is 11.8. The van der Waals surface area contributed by atoms with Gasteiger partial charge in [-0.25, -0.2) is 0 Å². The molecule has 1 aliphatic rings. The maximum atomic E-state index is 10.1. The summed E-state index contributed by atoms with van der Waals surface area (Å²) < 4.78 is 5.31. The molecule has 16 heavy (non-hydrogen) atoms. The van der Waals surface area contributed by atoms with Crippen LogP contribution in [0.4, 0.5) is 0 Å². The topological polar surface area (TPSA) is 29.5 Å². The van der Waals surface area contributed by atoms with Gasteiger partial charge in [0.2, 0.25) is 0 Å². The number of ether oxygens (including phenoxy) is 1. The van der Waals surface area contributed by atoms with Crippen molar-refractivity contribution < 1.29 is 9.84 Å². The van der Waals surface area contributed by atoms with E-state index in [1.807, 2.05) is 13.8 Å². The second-order valence-electron chi connectivity index (χ2n) is 5.16. The molecule has 88 valence electrons. The monoisotopic (exact) mass is 220 g/mol. The minimum atomic E-state index is -0.454. The number of hydrogen-bond donors (Lipinski definition) is 1. The molecule has 1 N–H and O–H groups in total. The third kappa shape index (κ3) is 2.00. The minimum absolute atomic E-state index is 0.407. The van der Waals surface area contributed by atoms with Crippen LogP contribution < -0.4 is 0 Å². The van der Waals surface area contributed by atoms with Crippen molar-refractivity contribution >= 4 is 0 Å². The number of benzene rings is 1. The quantitative estimate of drug-likeness (QED) is 0.844. The molecule has 1 aliphatic carbocycles. The lowest BCUT2D eigenvalue weighted by atomic mass is 9.73. The zero-order valence-electron chi connectivity index (χ0n) is 10.2. The highest BCUT2D eigenvalue weighted by atomic mass is 16.5. The molecule has 1 aromatic rings. The van der Waals surface area contributed by atoms with E-state index in [1.54, 1.807) is 7.11 Å². The molecule has 1 aromatic carbocycles. The van der Waals surface area contributed by atoms with Crippen molar-refractivity contribution in [3.05, 3.63) is 35.4 Å². The Morgan fingerprint density at radius 1 is 1.44 bits per heavy atom. The molecule has 2 heteroatoms. The Morgan fingerprint density at radius 2 is 2.12 bits per heavy atom. The summed E-state index contributed by atoms with van der Waals surface area (Å²) in [6.45, 7) is 3.87. The van der Waals surface area contributed by atoms with Crippen LogP contribution in [0.5, 0.6) is 0 Å². The van der Waals surface area contributed by atoms with Gasteiger partial charge in [0.05, 0.1) is 11.7 Å². The summed E-state index contributed by atoms with van der Waals surface area (Å²) in [4.78, 5) is 0. The first-order valence-electron chi connectivity index (χ1n) is 5.85. The van der Waals surface area contributed by atoms with Gasteiger partial charge in [0.25, 0.3) is 0 Å². The predicted molar refractivity (Wildman–Crippen MR) is 64.6 cm³/mol. The normalized spacial score (nSPS) is 21.1. The molecular weight excluding hydrogens is 200 g/mol. The highest BCUT2D eigenvalue weighted by Crippen LogP contribution is 2.39. The standard InChI is InChI=1S/C14H20O2/c1-14(2,16-3)13(15)9-11-8-10-6-4-5-7-12(10)11/h4-7,11,13,15H,8-9H2,1-3H3. The van der Waals surface area contributed by atoms with Gasteiger partial charge in [-0.1, -0.05) is 24.3 Å². The van der Waals surface area contributed by atoms with Crippen LogP contribution in [0.1, 0.15) is 37.3 Å². The first-order valence-corrected chi connectivity index (χ1v) is 5.85. The van der Waals surface area contributed by atoms with Crippen molar-refractivity contribution in [2.75, 3.05) is 7.11 Å². The first kappa shape index (κ1) is 11.6. The Hall–Kier alpha value is -0.860. The summed E-state index contributed by atoms with van der Waals surface area (Å²) in [6, 6.07) is 8.47. The van der Waals surface area contributed by atoms with Gasteiger partial charge in [-0.3, -0.25) is 0 Å². The molecule has 0 saturated carbocycles. The molecule has 0 heterocycles. The molecule has 0 spiro atoms. The van der Waals surface area contributed by atoms with Crippen LogP contribution in [-0.2, 0) is 11.2 Å². The Bertz CT molecular complexity index is 371. The van der Waals surface area contributed by atoms with Crippen molar-refractivity contribution in [3.8, 4) is 0 Å². The Morgan fingerprint density at radius 3 is 2.75 bits per heavy atom. The molecule has 0 fully saturated rings. The summed E-state index contributed by atoms with van der Waals surface area (Å²) in [5, 5.41) is 10.1. The maximum absolute atomic E-state index is 10.1. The van der Waals surface area contributed by atoms with Crippen LogP contribution >= 0.6 is 0 Å². The number of hydrogen-bond acceptors (Lipinski definition) is 2. The van der Waals surface area contributed by atoms with Crippen molar-refractivity contribution in [3.63, 3.8) is 0 Å². The molecule has 0 aliphatic heterocycles. The largest absolute Gasteiger partial charge is 0.390 e. The number of aliphatic hydroxyl groups excluding tert-OH is 1. The van der Waals surface area contributed by atoms with E-state index in [0.29, 0.717) is 5.92 Å². The summed E-state index contributed by atoms with van der Waals surface area (Å²) in [7, 11) is 1.65. The maximum Gasteiger partial charge on any atom is 0.0880 e. The van der Waals surface area contributed by atoms with Gasteiger partial charge in [-0.05, 0) is 43.7 Å². The van der Waals surface area contributed by atoms with Crippen LogP contribution in [0.2, 0.25) is 0 Å². The van der Waals surface area contributed by atoms with E-state index in [0.717, 1.165) is 12.8 Å². The number of aliphatic hydroxyl groups is 1. The molecule has 0 aromatic heterocycles. The van der Waals surface area contributed by atoms with E-state index < -0.39 is 11.7 Å². The smallest absolute Gasteiger partial charge is 0.0880 e. The molecule has 2 atom stereocenters. The van der Waals surface area contributed by atoms with Crippen LogP contribution in [0.3, 0.4) is 0 Å². The Kier molecular flexibility index (Phi) is 3.04. The van der Waals surface area contributed by atoms with Crippen molar-refractivity contribution in [1.29, 1.82) is 0 Å². The van der Waals surface area contributed by atoms with Crippen molar-refractivity contribution in [2.24, 2.45) is 0 Å². The van der Waals surface area contributed by atoms with Crippen LogP contribution in [0, 0.1) is 0 Å². The Balaban J connectivity index is 1.99. The molecular formula is C14H20O2. The molecule has 0 saturated heterocycles. The summed E-state index contributed by atoms with van der Waals surface area (Å²) >= 11 is 0. The fourth-order valence-electron chi connectivity index (χ4n) is 2.26. The van der Waals surface area contributed by atoms with Crippen LogP contribution in [-0.4, -0.2) is 23.9 Å². The molecule has 2 unspecified atom stereocenters. The van der Waals surface area contributed by atoms with Gasteiger partial charge >= 0.3 is 0 Å². The summed E-state index contributed by atoms with van der Waals surface area (Å²) in [5.74, 6) is 0.501. The van der Waals surface area contributed by atoms with Crippen LogP contribution in [0.15, 0.2) is 24.3 Å². The molecule has 0 amide bonds. The fraction of sp³-hybridized carbons (Fsp3) is 0.571. The van der Waals surface area contributed by atoms with Gasteiger partial charge in [0.1, 0.15) is 0 Å². The summed E-state index contributed by atoms with van der Waals surface area (Å²) in [6.07, 6.45) is 1.47. The van der Waals surface area contributed by atoms with E-state index in [2.05, 4.69) is 24.3 Å². The Labute approximate surface area is 97.3 Å². The molecule has 0 bridgehead atoms. The van der Waals surface area contributed by atoms with E-state index in [-0.39, 0.29) is 0 Å². The lowest BCUT2D eigenvalue weighted by Crippen LogP contribution is -2.40. The second kappa shape index (κ2) is 4.19. The van der Waals surface area contributed by atoms with Crippen molar-refractivity contribution in [2.45, 2.75) is 44.3 Å². The average Bonchev–Trinajstić information content (AvgIpc) is 2.25. The van der Waals surface area contributed by atoms with Gasteiger partial charge in [0.15, 0.2) is 0 Å². The molecule has 0 radical (unpaired) electrons. The third-order valence-corrected chi connectivity index (χ3v) is 3.80. The first-order chi connectivity index (χ1) is 7.54. The van der Waals surface area contributed by atoms with E-state index >= 15 is 0 Å². The van der Waals surface area contributed by atoms with Gasteiger partial charge in [0, 0.05) is 7.11 Å². The third-order valence-electron chi connectivity index (χ3n) is 3.80. The van der Waals surface area contributed by atoms with Gasteiger partial charge in [-0.2, -0.15) is 0 Å². The minimum Gasteiger partial charge on any atom is -0.390 e. The van der Waals surface area contributed by atoms with E-state index in [4.69, 9.17) is 4.74 Å². The van der Waals surface area contributed by atoms with Gasteiger partial charge < -0.3 is 9.84 Å². The second-order valence-corrected chi connectivity index (χ2v) is 5.16. The number of methoxy groups -OCH3 is 1. The molecule has 2 nitrogen and oxygen atoms in total. The fourth-order valence-corrected chi connectivity index (χ4v) is 2.26. The lowest BCUT2D eigenvalue weighted by Gasteiger charge is -2.36. The predicted octanol–water partition coefficient (Wildman–Crippen LogP) is 2.50. The highest BCUT2D eigenvalue weighted by molar-refractivity contribution is 5.39. The van der Waals surface area contributed by atoms with E-state index in [1.165, 1.54) is 11.1 Å². The summed E-state index contributed by atoms with van der Waals surface area (Å²) in [5.41, 5.74) is 2.37. The van der Waals surface area contributed by atoms with Crippen LogP contribution in [0.25, 0.3) is 0 Å². The zero-order valence-corrected chi connectivity index (χ0v) is 10.2. The molecule has 2 rings (SSSR count). The lowest BCUT2D eigenvalue weighted by molar-refractivity contribution is -0.0830. The van der Waals surface area contributed by atoms with Crippen molar-refractivity contribution in [1.82, 2.24) is 0 Å². The SMILES string of the molecule is COC(C)(C)C(O)CC1Cc2ccccc21.